The Balaban J connectivity index is 2.27. The van der Waals surface area contributed by atoms with Gasteiger partial charge in [0.25, 0.3) is 0 Å². The van der Waals surface area contributed by atoms with Gasteiger partial charge in [-0.1, -0.05) is 23.7 Å². The van der Waals surface area contributed by atoms with Crippen LogP contribution >= 0.6 is 11.6 Å². The van der Waals surface area contributed by atoms with Crippen LogP contribution in [0.2, 0.25) is 5.02 Å². The Morgan fingerprint density at radius 1 is 1.50 bits per heavy atom. The van der Waals surface area contributed by atoms with Crippen molar-refractivity contribution in [2.75, 3.05) is 0 Å². The van der Waals surface area contributed by atoms with Crippen LogP contribution in [0.5, 0.6) is 0 Å². The molecule has 0 aliphatic rings. The van der Waals surface area contributed by atoms with Gasteiger partial charge in [-0.3, -0.25) is 9.48 Å². The van der Waals surface area contributed by atoms with Crippen LogP contribution in [-0.2, 0) is 13.5 Å². The molecule has 0 N–H and O–H groups in total. The Morgan fingerprint density at radius 3 is 2.83 bits per heavy atom. The number of nitrogens with zero attached hydrogens (tertiary/aromatic N) is 2. The summed E-state index contributed by atoms with van der Waals surface area (Å²) in [6, 6.07) is 4.46. The van der Waals surface area contributed by atoms with Gasteiger partial charge in [0.15, 0.2) is 5.78 Å². The summed E-state index contributed by atoms with van der Waals surface area (Å²) in [5.41, 5.74) is 1.82. The van der Waals surface area contributed by atoms with Gasteiger partial charge in [0.1, 0.15) is 5.82 Å². The molecular formula is C13H12ClFN2O. The van der Waals surface area contributed by atoms with Crippen molar-refractivity contribution in [2.24, 2.45) is 7.05 Å². The predicted molar refractivity (Wildman–Crippen MR) is 67.4 cm³/mol. The van der Waals surface area contributed by atoms with E-state index in [1.54, 1.807) is 23.9 Å². The lowest BCUT2D eigenvalue weighted by molar-refractivity contribution is 0.0992. The topological polar surface area (TPSA) is 34.9 Å². The zero-order valence-corrected chi connectivity index (χ0v) is 10.8. The average Bonchev–Trinajstić information content (AvgIpc) is 2.66. The summed E-state index contributed by atoms with van der Waals surface area (Å²) < 4.78 is 14.9. The van der Waals surface area contributed by atoms with E-state index in [0.717, 1.165) is 5.69 Å². The van der Waals surface area contributed by atoms with Crippen LogP contribution in [0.25, 0.3) is 0 Å². The Kier molecular flexibility index (Phi) is 3.48. The molecule has 3 nitrogen and oxygen atoms in total. The molecule has 0 radical (unpaired) electrons. The number of halogens is 2. The first-order valence-electron chi connectivity index (χ1n) is 5.45. The lowest BCUT2D eigenvalue weighted by Crippen LogP contribution is -2.06. The fraction of sp³-hybridized carbons (Fsp3) is 0.231. The standard InChI is InChI=1S/C13H12ClFN2O/c1-8-10(7-16-17(8)2)12(18)6-9-4-3-5-11(15)13(9)14/h3-5,7H,6H2,1-2H3. The number of rotatable bonds is 3. The fourth-order valence-corrected chi connectivity index (χ4v) is 1.92. The maximum atomic E-state index is 13.3. The van der Waals surface area contributed by atoms with Crippen molar-refractivity contribution in [1.82, 2.24) is 9.78 Å². The largest absolute Gasteiger partial charge is 0.294 e. The molecule has 0 saturated heterocycles. The molecule has 0 spiro atoms. The minimum Gasteiger partial charge on any atom is -0.294 e. The number of carbonyl (C=O) groups excluding carboxylic acids is 1. The highest BCUT2D eigenvalue weighted by Gasteiger charge is 2.15. The van der Waals surface area contributed by atoms with Gasteiger partial charge in [-0.05, 0) is 18.6 Å². The van der Waals surface area contributed by atoms with Crippen molar-refractivity contribution < 1.29 is 9.18 Å². The summed E-state index contributed by atoms with van der Waals surface area (Å²) in [7, 11) is 1.77. The first-order chi connectivity index (χ1) is 8.50. The number of ketones is 1. The maximum Gasteiger partial charge on any atom is 0.170 e. The average molecular weight is 267 g/mol. The van der Waals surface area contributed by atoms with E-state index in [9.17, 15) is 9.18 Å². The number of benzene rings is 1. The van der Waals surface area contributed by atoms with Crippen LogP contribution in [-0.4, -0.2) is 15.6 Å². The maximum absolute atomic E-state index is 13.3. The van der Waals surface area contributed by atoms with E-state index in [-0.39, 0.29) is 17.2 Å². The number of aromatic nitrogens is 2. The van der Waals surface area contributed by atoms with Crippen molar-refractivity contribution >= 4 is 17.4 Å². The zero-order valence-electron chi connectivity index (χ0n) is 10.1. The molecule has 0 atom stereocenters. The Hall–Kier alpha value is -1.68. The molecule has 0 amide bonds. The number of hydrogen-bond acceptors (Lipinski definition) is 2. The third kappa shape index (κ3) is 2.29. The fourth-order valence-electron chi connectivity index (χ4n) is 1.73. The molecule has 2 rings (SSSR count). The van der Waals surface area contributed by atoms with Crippen molar-refractivity contribution in [1.29, 1.82) is 0 Å². The Bertz CT molecular complexity index is 607. The van der Waals surface area contributed by atoms with Crippen LogP contribution in [0, 0.1) is 12.7 Å². The van der Waals surface area contributed by atoms with E-state index in [4.69, 9.17) is 11.6 Å². The summed E-state index contributed by atoms with van der Waals surface area (Å²) in [5, 5.41) is 4.01. The van der Waals surface area contributed by atoms with Crippen molar-refractivity contribution in [3.05, 3.63) is 52.1 Å². The second-order valence-corrected chi connectivity index (χ2v) is 4.46. The van der Waals surface area contributed by atoms with Gasteiger partial charge in [-0.15, -0.1) is 0 Å². The van der Waals surface area contributed by atoms with E-state index in [0.29, 0.717) is 11.1 Å². The molecule has 1 heterocycles. The van der Waals surface area contributed by atoms with E-state index in [2.05, 4.69) is 5.10 Å². The van der Waals surface area contributed by atoms with E-state index in [1.165, 1.54) is 12.3 Å². The third-order valence-electron chi connectivity index (χ3n) is 2.92. The molecule has 0 unspecified atom stereocenters. The minimum atomic E-state index is -0.509. The quantitative estimate of drug-likeness (QED) is 0.801. The van der Waals surface area contributed by atoms with Crippen LogP contribution in [0.3, 0.4) is 0 Å². The molecule has 94 valence electrons. The summed E-state index contributed by atoms with van der Waals surface area (Å²) in [4.78, 5) is 12.1. The first-order valence-corrected chi connectivity index (χ1v) is 5.83. The lowest BCUT2D eigenvalue weighted by Gasteiger charge is -2.04. The molecule has 0 bridgehead atoms. The molecule has 0 aliphatic carbocycles. The molecular weight excluding hydrogens is 255 g/mol. The lowest BCUT2D eigenvalue weighted by atomic mass is 10.0. The van der Waals surface area contributed by atoms with E-state index >= 15 is 0 Å². The normalized spacial score (nSPS) is 10.7. The molecule has 1 aromatic carbocycles. The van der Waals surface area contributed by atoms with Gasteiger partial charge in [0.2, 0.25) is 0 Å². The summed E-state index contributed by atoms with van der Waals surface area (Å²) >= 11 is 5.82. The number of carbonyl (C=O) groups is 1. The van der Waals surface area contributed by atoms with Gasteiger partial charge < -0.3 is 0 Å². The highest BCUT2D eigenvalue weighted by atomic mass is 35.5. The third-order valence-corrected chi connectivity index (χ3v) is 3.34. The molecule has 0 saturated carbocycles. The van der Waals surface area contributed by atoms with Crippen molar-refractivity contribution in [2.45, 2.75) is 13.3 Å². The zero-order chi connectivity index (χ0) is 13.3. The number of hydrogen-bond donors (Lipinski definition) is 0. The van der Waals surface area contributed by atoms with E-state index in [1.807, 2.05) is 6.92 Å². The Labute approximate surface area is 109 Å². The van der Waals surface area contributed by atoms with Crippen LogP contribution in [0.4, 0.5) is 4.39 Å². The van der Waals surface area contributed by atoms with Gasteiger partial charge in [0, 0.05) is 19.2 Å². The number of aryl methyl sites for hydroxylation is 1. The van der Waals surface area contributed by atoms with Crippen LogP contribution in [0.15, 0.2) is 24.4 Å². The van der Waals surface area contributed by atoms with E-state index < -0.39 is 5.82 Å². The molecule has 0 aliphatic heterocycles. The van der Waals surface area contributed by atoms with Gasteiger partial charge in [-0.2, -0.15) is 5.10 Å². The van der Waals surface area contributed by atoms with Crippen LogP contribution < -0.4 is 0 Å². The highest BCUT2D eigenvalue weighted by Crippen LogP contribution is 2.21. The first kappa shape index (κ1) is 12.8. The second kappa shape index (κ2) is 4.90. The monoisotopic (exact) mass is 266 g/mol. The second-order valence-electron chi connectivity index (χ2n) is 4.08. The number of Topliss-reactive ketones (excluding diaryl/α,β-unsaturated/α-hetero) is 1. The van der Waals surface area contributed by atoms with Gasteiger partial charge in [0.05, 0.1) is 16.8 Å². The SMILES string of the molecule is Cc1c(C(=O)Cc2cccc(F)c2Cl)cnn1C. The van der Waals surface area contributed by atoms with Crippen LogP contribution in [0.1, 0.15) is 21.6 Å². The van der Waals surface area contributed by atoms with Gasteiger partial charge >= 0.3 is 0 Å². The molecule has 18 heavy (non-hydrogen) atoms. The molecule has 5 heteroatoms. The Morgan fingerprint density at radius 2 is 2.22 bits per heavy atom. The van der Waals surface area contributed by atoms with Crippen molar-refractivity contribution in [3.63, 3.8) is 0 Å². The predicted octanol–water partition coefficient (Wildman–Crippen LogP) is 2.95. The smallest absolute Gasteiger partial charge is 0.170 e. The van der Waals surface area contributed by atoms with Gasteiger partial charge in [-0.25, -0.2) is 4.39 Å². The minimum absolute atomic E-state index is 0.00685. The summed E-state index contributed by atoms with van der Waals surface area (Å²) in [5.74, 6) is -0.627. The molecule has 1 aromatic heterocycles. The summed E-state index contributed by atoms with van der Waals surface area (Å²) in [6.45, 7) is 1.81. The summed E-state index contributed by atoms with van der Waals surface area (Å²) in [6.07, 6.45) is 1.59. The highest BCUT2D eigenvalue weighted by molar-refractivity contribution is 6.31. The molecule has 2 aromatic rings. The molecule has 0 fully saturated rings. The van der Waals surface area contributed by atoms with Crippen molar-refractivity contribution in [3.8, 4) is 0 Å².